The Kier molecular flexibility index (Phi) is 10.6. The topological polar surface area (TPSA) is 171 Å². The molecule has 7 atom stereocenters. The van der Waals surface area contributed by atoms with Crippen LogP contribution in [0.25, 0.3) is 0 Å². The minimum absolute atomic E-state index is 0.00859. The van der Waals surface area contributed by atoms with Gasteiger partial charge in [0.15, 0.2) is 11.9 Å². The van der Waals surface area contributed by atoms with Crippen molar-refractivity contribution in [3.05, 3.63) is 53.1 Å². The van der Waals surface area contributed by atoms with E-state index in [0.29, 0.717) is 6.42 Å². The number of benzene rings is 1. The third kappa shape index (κ3) is 7.89. The van der Waals surface area contributed by atoms with Crippen LogP contribution in [0.1, 0.15) is 46.8 Å². The first-order valence-corrected chi connectivity index (χ1v) is 15.8. The molecule has 1 aromatic heterocycles. The van der Waals surface area contributed by atoms with Crippen LogP contribution in [-0.2, 0) is 28.2 Å². The van der Waals surface area contributed by atoms with E-state index in [0.717, 1.165) is 24.5 Å². The van der Waals surface area contributed by atoms with Crippen LogP contribution >= 0.6 is 7.75 Å². The van der Waals surface area contributed by atoms with E-state index in [1.54, 1.807) is 32.0 Å². The van der Waals surface area contributed by atoms with Crippen molar-refractivity contribution in [3.63, 3.8) is 0 Å². The number of ether oxygens (including phenoxy) is 2. The van der Waals surface area contributed by atoms with Gasteiger partial charge in [-0.25, -0.2) is 13.8 Å². The summed E-state index contributed by atoms with van der Waals surface area (Å²) >= 11 is 0. The maximum absolute atomic E-state index is 15.9. The van der Waals surface area contributed by atoms with Gasteiger partial charge in [-0.2, -0.15) is 10.1 Å². The summed E-state index contributed by atoms with van der Waals surface area (Å²) < 4.78 is 52.5. The Hall–Kier alpha value is -3.20. The van der Waals surface area contributed by atoms with Crippen molar-refractivity contribution in [3.8, 4) is 5.75 Å². The third-order valence-electron chi connectivity index (χ3n) is 7.31. The number of nitrogens with zero attached hydrogens (tertiary/aromatic N) is 3. The molecule has 0 saturated carbocycles. The van der Waals surface area contributed by atoms with E-state index in [-0.39, 0.29) is 23.5 Å². The van der Waals surface area contributed by atoms with Gasteiger partial charge in [-0.15, -0.1) is 0 Å². The lowest BCUT2D eigenvalue weighted by Gasteiger charge is -2.25. The van der Waals surface area contributed by atoms with E-state index in [1.165, 1.54) is 31.3 Å². The summed E-state index contributed by atoms with van der Waals surface area (Å²) in [4.78, 5) is 43.6. The van der Waals surface area contributed by atoms with Gasteiger partial charge in [0.1, 0.15) is 29.8 Å². The number of likely N-dealkylation sites (N-methyl/N-ethyl adjacent to an activating group) is 1. The number of anilines is 1. The zero-order valence-corrected chi connectivity index (χ0v) is 26.1. The lowest BCUT2D eigenvalue weighted by atomic mass is 9.98. The van der Waals surface area contributed by atoms with Crippen molar-refractivity contribution in [2.45, 2.75) is 82.8 Å². The van der Waals surface area contributed by atoms with Gasteiger partial charge < -0.3 is 24.4 Å². The van der Waals surface area contributed by atoms with Crippen LogP contribution in [0.15, 0.2) is 47.4 Å². The van der Waals surface area contributed by atoms with E-state index in [1.807, 2.05) is 11.9 Å². The van der Waals surface area contributed by atoms with Crippen molar-refractivity contribution in [2.75, 3.05) is 25.5 Å². The maximum Gasteiger partial charge on any atom is 0.459 e. The van der Waals surface area contributed by atoms with Crippen LogP contribution < -0.4 is 20.6 Å². The molecule has 0 aliphatic carbocycles. The molecular weight excluding hydrogens is 600 g/mol. The number of aliphatic hydroxyl groups excluding tert-OH is 1. The number of esters is 1. The molecule has 2 saturated heterocycles. The summed E-state index contributed by atoms with van der Waals surface area (Å²) in [6.07, 6.45) is -2.55. The Balaban J connectivity index is 1.47. The minimum Gasteiger partial charge on any atom is -0.462 e. The predicted molar refractivity (Wildman–Crippen MR) is 157 cm³/mol. The normalized spacial score (nSPS) is 27.5. The van der Waals surface area contributed by atoms with Gasteiger partial charge in [-0.1, -0.05) is 18.2 Å². The summed E-state index contributed by atoms with van der Waals surface area (Å²) in [5.41, 5.74) is -3.44. The lowest BCUT2D eigenvalue weighted by molar-refractivity contribution is -0.149. The van der Waals surface area contributed by atoms with E-state index < -0.39 is 62.3 Å². The van der Waals surface area contributed by atoms with Crippen LogP contribution in [0, 0.1) is 0 Å². The quantitative estimate of drug-likeness (QED) is 0.229. The molecule has 14 nitrogen and oxygen atoms in total. The zero-order chi connectivity index (χ0) is 32.2. The summed E-state index contributed by atoms with van der Waals surface area (Å²) in [5, 5.41) is 15.9. The van der Waals surface area contributed by atoms with Crippen LogP contribution in [-0.4, -0.2) is 87.7 Å². The van der Waals surface area contributed by atoms with Crippen LogP contribution in [0.5, 0.6) is 5.75 Å². The first kappa shape index (κ1) is 33.7. The van der Waals surface area contributed by atoms with Gasteiger partial charge >= 0.3 is 19.4 Å². The standard InChI is InChI=1S/C28H39FN5O9P/c1-17(2)41-25(37)18(3)32-44(39,43-19-10-7-6-8-11-19)40-16-21-23(35)28(4,29)26(42-21)34-15-13-22(31-27(34)38)30-24(36)20-12-9-14-33(20)5/h6-8,10-11,13,15,17-18,20-21,23,26,35H,9,12,14,16H2,1-5H3,(H,32,39)(H,30,31,36,38). The van der Waals surface area contributed by atoms with Crippen molar-refractivity contribution in [1.82, 2.24) is 19.5 Å². The number of aliphatic hydroxyl groups is 1. The Labute approximate surface area is 254 Å². The minimum atomic E-state index is -4.34. The second kappa shape index (κ2) is 13.8. The highest BCUT2D eigenvalue weighted by atomic mass is 31.2. The van der Waals surface area contributed by atoms with Gasteiger partial charge in [0, 0.05) is 6.20 Å². The Morgan fingerprint density at radius 2 is 1.95 bits per heavy atom. The molecular formula is C28H39FN5O9P. The van der Waals surface area contributed by atoms with Crippen molar-refractivity contribution >= 4 is 25.4 Å². The first-order chi connectivity index (χ1) is 20.7. The third-order valence-corrected chi connectivity index (χ3v) is 8.95. The number of carbonyl (C=O) groups is 2. The van der Waals surface area contributed by atoms with Crippen LogP contribution in [0.4, 0.5) is 10.2 Å². The fraction of sp³-hybridized carbons (Fsp3) is 0.571. The monoisotopic (exact) mass is 639 g/mol. The number of nitrogens with one attached hydrogen (secondary N) is 2. The highest BCUT2D eigenvalue weighted by molar-refractivity contribution is 7.52. The van der Waals surface area contributed by atoms with E-state index in [4.69, 9.17) is 18.5 Å². The molecule has 16 heteroatoms. The highest BCUT2D eigenvalue weighted by Gasteiger charge is 2.56. The molecule has 3 N–H and O–H groups in total. The molecule has 2 aliphatic heterocycles. The second-order valence-electron chi connectivity index (χ2n) is 11.3. The summed E-state index contributed by atoms with van der Waals surface area (Å²) in [6.45, 7) is 5.90. The lowest BCUT2D eigenvalue weighted by Crippen LogP contribution is -2.43. The number of aromatic nitrogens is 2. The van der Waals surface area contributed by atoms with E-state index in [2.05, 4.69) is 15.4 Å². The summed E-state index contributed by atoms with van der Waals surface area (Å²) in [7, 11) is -2.51. The largest absolute Gasteiger partial charge is 0.462 e. The number of para-hydroxylation sites is 1. The average molecular weight is 640 g/mol. The number of hydrogen-bond donors (Lipinski definition) is 3. The number of carbonyl (C=O) groups excluding carboxylic acids is 2. The van der Waals surface area contributed by atoms with Gasteiger partial charge in [0.2, 0.25) is 5.91 Å². The number of hydrogen-bond acceptors (Lipinski definition) is 11. The first-order valence-electron chi connectivity index (χ1n) is 14.3. The van der Waals surface area contributed by atoms with Gasteiger partial charge in [0.05, 0.1) is 18.8 Å². The van der Waals surface area contributed by atoms with Gasteiger partial charge in [-0.05, 0) is 72.3 Å². The van der Waals surface area contributed by atoms with E-state index in [9.17, 15) is 24.1 Å². The molecule has 0 bridgehead atoms. The fourth-order valence-corrected chi connectivity index (χ4v) is 6.47. The molecule has 2 aliphatic rings. The number of amides is 1. The number of rotatable bonds is 12. The fourth-order valence-electron chi connectivity index (χ4n) is 4.97. The molecule has 0 radical (unpaired) electrons. The van der Waals surface area contributed by atoms with Crippen molar-refractivity contribution in [2.24, 2.45) is 0 Å². The highest BCUT2D eigenvalue weighted by Crippen LogP contribution is 2.47. The van der Waals surface area contributed by atoms with E-state index >= 15 is 4.39 Å². The van der Waals surface area contributed by atoms with Crippen LogP contribution in [0.3, 0.4) is 0 Å². The Morgan fingerprint density at radius 3 is 2.57 bits per heavy atom. The molecule has 1 aromatic carbocycles. The molecule has 1 amide bonds. The molecule has 44 heavy (non-hydrogen) atoms. The molecule has 2 aromatic rings. The van der Waals surface area contributed by atoms with Crippen molar-refractivity contribution < 1.29 is 42.2 Å². The molecule has 4 rings (SSSR count). The summed E-state index contributed by atoms with van der Waals surface area (Å²) in [6, 6.07) is 7.87. The Morgan fingerprint density at radius 1 is 1.25 bits per heavy atom. The predicted octanol–water partition coefficient (Wildman–Crippen LogP) is 2.40. The number of likely N-dealkylation sites (tertiary alicyclic amines) is 1. The maximum atomic E-state index is 15.9. The number of halogens is 1. The zero-order valence-electron chi connectivity index (χ0n) is 25.2. The number of alkyl halides is 1. The average Bonchev–Trinajstić information content (AvgIpc) is 3.48. The second-order valence-corrected chi connectivity index (χ2v) is 13.0. The Bertz CT molecular complexity index is 1430. The smallest absolute Gasteiger partial charge is 0.459 e. The van der Waals surface area contributed by atoms with Gasteiger partial charge in [-0.3, -0.25) is 23.6 Å². The summed E-state index contributed by atoms with van der Waals surface area (Å²) in [5.74, 6) is -0.878. The molecule has 3 heterocycles. The molecule has 2 fully saturated rings. The SMILES string of the molecule is CC(C)OC(=O)C(C)NP(=O)(OCC1OC(n2ccc(NC(=O)C3CCCN3C)nc2=O)C(C)(F)C1O)Oc1ccccc1. The molecule has 0 spiro atoms. The molecule has 7 unspecified atom stereocenters. The van der Waals surface area contributed by atoms with Gasteiger partial charge in [0.25, 0.3) is 0 Å². The van der Waals surface area contributed by atoms with Crippen LogP contribution in [0.2, 0.25) is 0 Å². The van der Waals surface area contributed by atoms with Crippen molar-refractivity contribution in [1.29, 1.82) is 0 Å². The molecule has 242 valence electrons.